The molecule has 54 valence electrons. The first-order chi connectivity index (χ1) is 3.42. The first kappa shape index (κ1) is 11.9. The van der Waals surface area contributed by atoms with Gasteiger partial charge in [0.15, 0.2) is 17.4 Å². The molecule has 0 amide bonds. The van der Waals surface area contributed by atoms with E-state index >= 15 is 0 Å². The molecule has 0 aromatic carbocycles. The van der Waals surface area contributed by atoms with Gasteiger partial charge in [-0.25, -0.2) is 4.57 Å². The summed E-state index contributed by atoms with van der Waals surface area (Å²) in [5, 5.41) is 0. The smallest absolute Gasteiger partial charge is 0.371 e. The fourth-order valence-corrected chi connectivity index (χ4v) is 0.502. The van der Waals surface area contributed by atoms with E-state index in [1.807, 2.05) is 0 Å². The third kappa shape index (κ3) is 11.6. The molecule has 0 unspecified atom stereocenters. The summed E-state index contributed by atoms with van der Waals surface area (Å²) in [5.74, 6) is -0.988. The molecule has 2 N–H and O–H groups in total. The van der Waals surface area contributed by atoms with Gasteiger partial charge in [-0.3, -0.25) is 14.6 Å². The van der Waals surface area contributed by atoms with Crippen LogP contribution in [0.1, 0.15) is 6.92 Å². The Hall–Kier alpha value is 0.152. The van der Waals surface area contributed by atoms with Crippen LogP contribution < -0.4 is 0 Å². The summed E-state index contributed by atoms with van der Waals surface area (Å²) in [6, 6.07) is 0. The fraction of sp³-hybridized carbons (Fsp3) is 0.500. The maximum absolute atomic E-state index is 9.74. The Kier molecular flexibility index (Phi) is 5.35. The minimum absolute atomic E-state index is 0. The molecule has 0 aliphatic carbocycles. The van der Waals surface area contributed by atoms with Crippen molar-refractivity contribution in [3.05, 3.63) is 0 Å². The molecule has 0 bridgehead atoms. The number of rotatable bonds is 1. The van der Waals surface area contributed by atoms with E-state index in [2.05, 4.69) is 4.52 Å². The molecule has 0 fully saturated rings. The molecule has 0 radical (unpaired) electrons. The lowest BCUT2D eigenvalue weighted by Gasteiger charge is -1.98. The van der Waals surface area contributed by atoms with Gasteiger partial charge in [-0.1, -0.05) is 0 Å². The number of phosphoric acid groups is 1. The van der Waals surface area contributed by atoms with Gasteiger partial charge in [0.2, 0.25) is 0 Å². The van der Waals surface area contributed by atoms with Crippen LogP contribution in [0.15, 0.2) is 0 Å². The Labute approximate surface area is 62.4 Å². The van der Waals surface area contributed by atoms with Gasteiger partial charge >= 0.3 is 13.8 Å². The topological polar surface area (TPSA) is 83.8 Å². The maximum Gasteiger partial charge on any atom is 0.526 e. The average Bonchev–Trinajstić information content (AvgIpc) is 1.21. The highest BCUT2D eigenvalue weighted by Gasteiger charge is 2.16. The van der Waals surface area contributed by atoms with Gasteiger partial charge in [0.05, 0.1) is 0 Å². The van der Waals surface area contributed by atoms with E-state index in [-0.39, 0.29) is 17.4 Å². The van der Waals surface area contributed by atoms with E-state index in [1.54, 1.807) is 0 Å². The normalized spacial score (nSPS) is 9.67. The van der Waals surface area contributed by atoms with E-state index in [0.717, 1.165) is 6.92 Å². The Balaban J connectivity index is 0. The van der Waals surface area contributed by atoms with Crippen LogP contribution in [0.25, 0.3) is 0 Å². The lowest BCUT2D eigenvalue weighted by molar-refractivity contribution is -0.133. The van der Waals surface area contributed by atoms with Gasteiger partial charge in [0, 0.05) is 6.92 Å². The summed E-state index contributed by atoms with van der Waals surface area (Å²) in [5.41, 5.74) is 0. The molecule has 0 aromatic rings. The van der Waals surface area contributed by atoms with E-state index in [4.69, 9.17) is 9.79 Å². The highest BCUT2D eigenvalue weighted by molar-refractivity contribution is 7.46. The molecular weight excluding hydrogens is 162 g/mol. The number of carbonyl (C=O) groups excluding carboxylic acids is 1. The first-order valence-electron chi connectivity index (χ1n) is 1.67. The molecule has 9 heavy (non-hydrogen) atoms. The molecule has 0 saturated heterocycles. The largest absolute Gasteiger partial charge is 0.526 e. The van der Waals surface area contributed by atoms with Crippen LogP contribution in [0.2, 0.25) is 0 Å². The highest BCUT2D eigenvalue weighted by atomic mass is 31.2. The standard InChI is InChI=1S/C2H5O5P.Al.3H/c1-2(3)7-8(4,5)6;;;;/h1H3,(H2,4,5,6);;;;. The maximum atomic E-state index is 9.74. The minimum atomic E-state index is -4.57. The van der Waals surface area contributed by atoms with E-state index in [1.165, 1.54) is 0 Å². The van der Waals surface area contributed by atoms with E-state index in [0.29, 0.717) is 0 Å². The van der Waals surface area contributed by atoms with Gasteiger partial charge in [-0.2, -0.15) is 0 Å². The van der Waals surface area contributed by atoms with Crippen molar-refractivity contribution >= 4 is 31.2 Å². The number of hydrogen-bond donors (Lipinski definition) is 2. The van der Waals surface area contributed by atoms with Crippen LogP contribution >= 0.6 is 7.82 Å². The van der Waals surface area contributed by atoms with Crippen LogP contribution in [-0.4, -0.2) is 33.1 Å². The SMILES string of the molecule is CC(=O)OP(=O)(O)O.[AlH3]. The number of hydrogen-bond acceptors (Lipinski definition) is 3. The Morgan fingerprint density at radius 1 is 1.56 bits per heavy atom. The number of phosphoric ester groups is 1. The second-order valence-corrected chi connectivity index (χ2v) is 2.24. The van der Waals surface area contributed by atoms with Crippen molar-refractivity contribution in [1.29, 1.82) is 0 Å². The van der Waals surface area contributed by atoms with Gasteiger partial charge in [-0.05, 0) is 0 Å². The summed E-state index contributed by atoms with van der Waals surface area (Å²) in [6.45, 7) is 0.916. The summed E-state index contributed by atoms with van der Waals surface area (Å²) >= 11 is 0. The summed E-state index contributed by atoms with van der Waals surface area (Å²) < 4.78 is 13.2. The molecule has 7 heteroatoms. The van der Waals surface area contributed by atoms with E-state index < -0.39 is 13.8 Å². The van der Waals surface area contributed by atoms with E-state index in [9.17, 15) is 9.36 Å². The van der Waals surface area contributed by atoms with Crippen molar-refractivity contribution in [3.63, 3.8) is 0 Å². The average molecular weight is 170 g/mol. The van der Waals surface area contributed by atoms with Crippen LogP contribution in [0.3, 0.4) is 0 Å². The fourth-order valence-electron chi connectivity index (χ4n) is 0.167. The molecule has 0 rings (SSSR count). The molecule has 0 aromatic heterocycles. The van der Waals surface area contributed by atoms with Crippen molar-refractivity contribution in [2.24, 2.45) is 0 Å². The van der Waals surface area contributed by atoms with Crippen LogP contribution in [0, 0.1) is 0 Å². The van der Waals surface area contributed by atoms with Crippen molar-refractivity contribution in [2.45, 2.75) is 6.92 Å². The Morgan fingerprint density at radius 3 is 1.89 bits per heavy atom. The lowest BCUT2D eigenvalue weighted by Crippen LogP contribution is -1.94. The first-order valence-corrected chi connectivity index (χ1v) is 3.20. The zero-order valence-corrected chi connectivity index (χ0v) is 4.96. The third-order valence-electron chi connectivity index (χ3n) is 0.247. The Morgan fingerprint density at radius 2 is 1.89 bits per heavy atom. The van der Waals surface area contributed by atoms with Crippen LogP contribution in [0.5, 0.6) is 0 Å². The van der Waals surface area contributed by atoms with Crippen molar-refractivity contribution in [3.8, 4) is 0 Å². The van der Waals surface area contributed by atoms with Gasteiger partial charge in [0.1, 0.15) is 0 Å². The third-order valence-corrected chi connectivity index (χ3v) is 0.742. The van der Waals surface area contributed by atoms with Crippen LogP contribution in [0.4, 0.5) is 0 Å². The molecule has 0 heterocycles. The molecule has 5 nitrogen and oxygen atoms in total. The monoisotopic (exact) mass is 170 g/mol. The predicted octanol–water partition coefficient (Wildman–Crippen LogP) is -1.54. The summed E-state index contributed by atoms with van der Waals surface area (Å²) in [6.07, 6.45) is 0. The molecule has 0 spiro atoms. The zero-order chi connectivity index (χ0) is 6.78. The predicted molar refractivity (Wildman–Crippen MR) is 33.7 cm³/mol. The van der Waals surface area contributed by atoms with Gasteiger partial charge in [0.25, 0.3) is 0 Å². The quantitative estimate of drug-likeness (QED) is 0.368. The molecule has 0 atom stereocenters. The van der Waals surface area contributed by atoms with Crippen molar-refractivity contribution in [1.82, 2.24) is 0 Å². The van der Waals surface area contributed by atoms with Gasteiger partial charge < -0.3 is 4.52 Å². The minimum Gasteiger partial charge on any atom is -0.371 e. The van der Waals surface area contributed by atoms with Crippen LogP contribution in [-0.2, 0) is 13.9 Å². The van der Waals surface area contributed by atoms with Crippen molar-refractivity contribution < 1.29 is 23.7 Å². The number of carbonyl (C=O) groups is 1. The lowest BCUT2D eigenvalue weighted by atomic mass is 10.9. The van der Waals surface area contributed by atoms with Crippen molar-refractivity contribution in [2.75, 3.05) is 0 Å². The zero-order valence-electron chi connectivity index (χ0n) is 4.07. The molecule has 0 aliphatic rings. The summed E-state index contributed by atoms with van der Waals surface area (Å²) in [7, 11) is -4.57. The molecule has 0 aliphatic heterocycles. The second kappa shape index (κ2) is 4.05. The molecule has 0 saturated carbocycles. The van der Waals surface area contributed by atoms with Gasteiger partial charge in [-0.15, -0.1) is 0 Å². The highest BCUT2D eigenvalue weighted by Crippen LogP contribution is 2.35. The molecular formula is C2H8AlO5P. The second-order valence-electron chi connectivity index (χ2n) is 1.07. The Bertz CT molecular complexity index is 138. The summed E-state index contributed by atoms with van der Waals surface area (Å²) in [4.78, 5) is 25.5.